The number of benzene rings is 2. The van der Waals surface area contributed by atoms with Crippen LogP contribution in [0.2, 0.25) is 0 Å². The molecule has 0 saturated carbocycles. The summed E-state index contributed by atoms with van der Waals surface area (Å²) in [4.78, 5) is 2.25. The summed E-state index contributed by atoms with van der Waals surface area (Å²) in [5.41, 5.74) is 4.23. The van der Waals surface area contributed by atoms with Gasteiger partial charge in [0.25, 0.3) is 0 Å². The summed E-state index contributed by atoms with van der Waals surface area (Å²) in [6.07, 6.45) is 3.71. The number of rotatable bonds is 5. The Morgan fingerprint density at radius 2 is 1.61 bits per heavy atom. The van der Waals surface area contributed by atoms with Crippen LogP contribution >= 0.6 is 0 Å². The molecule has 4 nitrogen and oxygen atoms in total. The Hall–Kier alpha value is -2.90. The predicted octanol–water partition coefficient (Wildman–Crippen LogP) is 3.38. The molecule has 3 rings (SSSR count). The van der Waals surface area contributed by atoms with Gasteiger partial charge in [0.15, 0.2) is 0 Å². The van der Waals surface area contributed by atoms with Gasteiger partial charge in [0.2, 0.25) is 0 Å². The van der Waals surface area contributed by atoms with Crippen molar-refractivity contribution in [3.05, 3.63) is 83.7 Å². The van der Waals surface area contributed by atoms with Crippen molar-refractivity contribution < 1.29 is 0 Å². The van der Waals surface area contributed by atoms with E-state index in [0.717, 1.165) is 18.8 Å². The van der Waals surface area contributed by atoms with Gasteiger partial charge in [0, 0.05) is 25.5 Å². The summed E-state index contributed by atoms with van der Waals surface area (Å²) in [5.74, 6) is 0. The van der Waals surface area contributed by atoms with Crippen molar-refractivity contribution in [3.63, 3.8) is 0 Å². The lowest BCUT2D eigenvalue weighted by atomic mass is 10.1. The van der Waals surface area contributed by atoms with Gasteiger partial charge >= 0.3 is 0 Å². The quantitative estimate of drug-likeness (QED) is 0.726. The first kappa shape index (κ1) is 15.0. The van der Waals surface area contributed by atoms with Crippen LogP contribution in [-0.2, 0) is 13.1 Å². The van der Waals surface area contributed by atoms with Crippen molar-refractivity contribution in [1.29, 1.82) is 5.26 Å². The molecular weight excluding hydrogens is 284 g/mol. The molecule has 0 fully saturated rings. The minimum atomic E-state index is 0.700. The van der Waals surface area contributed by atoms with Crippen molar-refractivity contribution in [3.8, 4) is 11.8 Å². The van der Waals surface area contributed by atoms with Gasteiger partial charge in [0.1, 0.15) is 0 Å². The molecule has 0 unspecified atom stereocenters. The molecule has 0 aliphatic rings. The minimum Gasteiger partial charge on any atom is -0.298 e. The fourth-order valence-corrected chi connectivity index (χ4v) is 2.54. The lowest BCUT2D eigenvalue weighted by Gasteiger charge is -2.17. The van der Waals surface area contributed by atoms with E-state index in [2.05, 4.69) is 47.4 Å². The molecule has 0 aliphatic heterocycles. The lowest BCUT2D eigenvalue weighted by molar-refractivity contribution is 0.319. The summed E-state index contributed by atoms with van der Waals surface area (Å²) >= 11 is 0. The summed E-state index contributed by atoms with van der Waals surface area (Å²) in [6.45, 7) is 1.73. The van der Waals surface area contributed by atoms with Crippen LogP contribution in [-0.4, -0.2) is 21.7 Å². The van der Waals surface area contributed by atoms with Crippen LogP contribution in [0.3, 0.4) is 0 Å². The highest BCUT2D eigenvalue weighted by Crippen LogP contribution is 2.12. The van der Waals surface area contributed by atoms with E-state index in [4.69, 9.17) is 5.26 Å². The first-order valence-electron chi connectivity index (χ1n) is 7.51. The van der Waals surface area contributed by atoms with Gasteiger partial charge in [-0.25, -0.2) is 4.68 Å². The minimum absolute atomic E-state index is 0.700. The summed E-state index contributed by atoms with van der Waals surface area (Å²) in [7, 11) is 2.10. The largest absolute Gasteiger partial charge is 0.298 e. The van der Waals surface area contributed by atoms with Gasteiger partial charge in [-0.3, -0.25) is 4.90 Å². The molecule has 4 heteroatoms. The van der Waals surface area contributed by atoms with Crippen LogP contribution < -0.4 is 0 Å². The molecule has 0 amide bonds. The van der Waals surface area contributed by atoms with Gasteiger partial charge < -0.3 is 0 Å². The Morgan fingerprint density at radius 1 is 1.00 bits per heavy atom. The maximum atomic E-state index is 8.83. The van der Waals surface area contributed by atoms with Crippen molar-refractivity contribution >= 4 is 0 Å². The Balaban J connectivity index is 1.61. The zero-order chi connectivity index (χ0) is 16.1. The average molecular weight is 302 g/mol. The van der Waals surface area contributed by atoms with Gasteiger partial charge in [-0.1, -0.05) is 24.3 Å². The topological polar surface area (TPSA) is 44.9 Å². The monoisotopic (exact) mass is 302 g/mol. The van der Waals surface area contributed by atoms with E-state index in [1.165, 1.54) is 11.1 Å². The van der Waals surface area contributed by atoms with Crippen LogP contribution in [0.5, 0.6) is 0 Å². The van der Waals surface area contributed by atoms with Gasteiger partial charge in [-0.15, -0.1) is 0 Å². The molecule has 23 heavy (non-hydrogen) atoms. The molecule has 0 aliphatic carbocycles. The van der Waals surface area contributed by atoms with E-state index >= 15 is 0 Å². The summed E-state index contributed by atoms with van der Waals surface area (Å²) in [6, 6.07) is 20.2. The number of nitriles is 1. The molecule has 2 aromatic carbocycles. The van der Waals surface area contributed by atoms with E-state index in [1.54, 1.807) is 6.20 Å². The van der Waals surface area contributed by atoms with Crippen molar-refractivity contribution in [2.24, 2.45) is 0 Å². The van der Waals surface area contributed by atoms with E-state index < -0.39 is 0 Å². The highest BCUT2D eigenvalue weighted by molar-refractivity contribution is 5.34. The average Bonchev–Trinajstić information content (AvgIpc) is 3.11. The van der Waals surface area contributed by atoms with Crippen molar-refractivity contribution in [2.45, 2.75) is 13.1 Å². The summed E-state index contributed by atoms with van der Waals surface area (Å²) in [5, 5.41) is 13.1. The number of hydrogen-bond acceptors (Lipinski definition) is 3. The van der Waals surface area contributed by atoms with Crippen LogP contribution in [0.4, 0.5) is 0 Å². The second-order valence-electron chi connectivity index (χ2n) is 5.60. The molecule has 0 spiro atoms. The van der Waals surface area contributed by atoms with E-state index in [0.29, 0.717) is 5.56 Å². The highest BCUT2D eigenvalue weighted by atomic mass is 15.3. The summed E-state index contributed by atoms with van der Waals surface area (Å²) < 4.78 is 1.85. The number of aromatic nitrogens is 2. The first-order valence-corrected chi connectivity index (χ1v) is 7.51. The number of nitrogens with zero attached hydrogens (tertiary/aromatic N) is 4. The molecule has 0 saturated heterocycles. The predicted molar refractivity (Wildman–Crippen MR) is 89.9 cm³/mol. The standard InChI is InChI=1S/C19H18N4/c1-22(14-17-5-3-16(13-20)4-6-17)15-18-7-9-19(10-8-18)23-12-2-11-21-23/h2-12H,14-15H2,1H3. The molecule has 3 aromatic rings. The molecule has 0 bridgehead atoms. The maximum Gasteiger partial charge on any atom is 0.0991 e. The van der Waals surface area contributed by atoms with Gasteiger partial charge in [-0.05, 0) is 48.5 Å². The fraction of sp³-hybridized carbons (Fsp3) is 0.158. The molecular formula is C19H18N4. The van der Waals surface area contributed by atoms with Crippen LogP contribution in [0.15, 0.2) is 67.0 Å². The van der Waals surface area contributed by atoms with Crippen LogP contribution in [0.25, 0.3) is 5.69 Å². The van der Waals surface area contributed by atoms with E-state index in [1.807, 2.05) is 41.2 Å². The molecule has 0 radical (unpaired) electrons. The smallest absolute Gasteiger partial charge is 0.0991 e. The maximum absolute atomic E-state index is 8.83. The Kier molecular flexibility index (Phi) is 4.51. The van der Waals surface area contributed by atoms with Gasteiger partial charge in [0.05, 0.1) is 17.3 Å². The third kappa shape index (κ3) is 3.85. The SMILES string of the molecule is CN(Cc1ccc(C#N)cc1)Cc1ccc(-n2cccn2)cc1. The van der Waals surface area contributed by atoms with E-state index in [9.17, 15) is 0 Å². The van der Waals surface area contributed by atoms with Crippen molar-refractivity contribution in [2.75, 3.05) is 7.05 Å². The number of hydrogen-bond donors (Lipinski definition) is 0. The normalized spacial score (nSPS) is 10.7. The molecule has 114 valence electrons. The second-order valence-corrected chi connectivity index (χ2v) is 5.60. The van der Waals surface area contributed by atoms with E-state index in [-0.39, 0.29) is 0 Å². The third-order valence-corrected chi connectivity index (χ3v) is 3.69. The fourth-order valence-electron chi connectivity index (χ4n) is 2.54. The second kappa shape index (κ2) is 6.91. The zero-order valence-corrected chi connectivity index (χ0v) is 13.1. The van der Waals surface area contributed by atoms with Crippen LogP contribution in [0, 0.1) is 11.3 Å². The molecule has 1 aromatic heterocycles. The van der Waals surface area contributed by atoms with Crippen molar-refractivity contribution in [1.82, 2.24) is 14.7 Å². The molecule has 0 atom stereocenters. The Morgan fingerprint density at radius 3 is 2.13 bits per heavy atom. The first-order chi connectivity index (χ1) is 11.2. The Bertz CT molecular complexity index is 781. The zero-order valence-electron chi connectivity index (χ0n) is 13.1. The van der Waals surface area contributed by atoms with Gasteiger partial charge in [-0.2, -0.15) is 10.4 Å². The highest BCUT2D eigenvalue weighted by Gasteiger charge is 2.03. The third-order valence-electron chi connectivity index (χ3n) is 3.69. The Labute approximate surface area is 136 Å². The van der Waals surface area contributed by atoms with Crippen LogP contribution in [0.1, 0.15) is 16.7 Å². The molecule has 1 heterocycles. The molecule has 0 N–H and O–H groups in total. The lowest BCUT2D eigenvalue weighted by Crippen LogP contribution is -2.17.